The van der Waals surface area contributed by atoms with Gasteiger partial charge >= 0.3 is 0 Å². The highest BCUT2D eigenvalue weighted by Crippen LogP contribution is 2.35. The number of aromatic amines is 1. The molecule has 4 aliphatic heterocycles. The number of benzene rings is 5. The SMILES string of the molecule is C[C@@H](NC(=O)c1ccc2[nH]c(O)c(C(=N[C@@H]3CN4CCC3CC4)c3ccccc3)c2c1)c1ccccc1.O=C1Cc2cc(C(=O)NCc3ccccc3)ccc2N1. The molecule has 0 unspecified atom stereocenters. The monoisotopic (exact) mass is 758 g/mol. The summed E-state index contributed by atoms with van der Waals surface area (Å²) < 4.78 is 0. The van der Waals surface area contributed by atoms with Crippen LogP contribution in [0.2, 0.25) is 0 Å². The van der Waals surface area contributed by atoms with Crippen LogP contribution in [0.4, 0.5) is 5.69 Å². The van der Waals surface area contributed by atoms with Gasteiger partial charge in [-0.2, -0.15) is 0 Å². The van der Waals surface area contributed by atoms with E-state index in [0.717, 1.165) is 64.2 Å². The van der Waals surface area contributed by atoms with Gasteiger partial charge in [-0.15, -0.1) is 0 Å². The van der Waals surface area contributed by atoms with Gasteiger partial charge in [0, 0.05) is 46.4 Å². The van der Waals surface area contributed by atoms with Crippen molar-refractivity contribution in [1.82, 2.24) is 20.5 Å². The molecular formula is C47H46N6O4. The maximum absolute atomic E-state index is 13.2. The number of nitrogens with one attached hydrogen (secondary N) is 4. The largest absolute Gasteiger partial charge is 0.494 e. The first-order chi connectivity index (χ1) is 27.8. The number of hydrogen-bond donors (Lipinski definition) is 5. The van der Waals surface area contributed by atoms with E-state index in [9.17, 15) is 19.5 Å². The maximum Gasteiger partial charge on any atom is 0.251 e. The molecule has 10 nitrogen and oxygen atoms in total. The van der Waals surface area contributed by atoms with Gasteiger partial charge in [-0.05, 0) is 91.9 Å². The molecule has 5 heterocycles. The molecule has 5 N–H and O–H groups in total. The summed E-state index contributed by atoms with van der Waals surface area (Å²) in [5, 5.41) is 20.6. The van der Waals surface area contributed by atoms with Crippen molar-refractivity contribution >= 4 is 40.0 Å². The van der Waals surface area contributed by atoms with Crippen LogP contribution in [0.25, 0.3) is 10.9 Å². The van der Waals surface area contributed by atoms with Gasteiger partial charge in [-0.1, -0.05) is 91.0 Å². The Balaban J connectivity index is 0.000000192. The lowest BCUT2D eigenvalue weighted by molar-refractivity contribution is -0.115. The molecule has 4 aliphatic rings. The number of aromatic nitrogens is 1. The van der Waals surface area contributed by atoms with E-state index < -0.39 is 0 Å². The predicted molar refractivity (Wildman–Crippen MR) is 224 cm³/mol. The number of amides is 3. The third-order valence-electron chi connectivity index (χ3n) is 11.2. The van der Waals surface area contributed by atoms with Gasteiger partial charge < -0.3 is 30.9 Å². The first kappa shape index (κ1) is 37.4. The van der Waals surface area contributed by atoms with E-state index in [0.29, 0.717) is 35.6 Å². The summed E-state index contributed by atoms with van der Waals surface area (Å²) in [6.07, 6.45) is 2.68. The number of nitrogens with zero attached hydrogens (tertiary/aromatic N) is 2. The van der Waals surface area contributed by atoms with Crippen molar-refractivity contribution in [2.75, 3.05) is 25.0 Å². The zero-order chi connectivity index (χ0) is 39.3. The van der Waals surface area contributed by atoms with E-state index in [1.165, 1.54) is 12.8 Å². The van der Waals surface area contributed by atoms with Crippen LogP contribution in [0.5, 0.6) is 5.88 Å². The van der Waals surface area contributed by atoms with Crippen molar-refractivity contribution in [2.24, 2.45) is 10.9 Å². The average Bonchev–Trinajstić information content (AvgIpc) is 3.80. The van der Waals surface area contributed by atoms with Crippen LogP contribution in [0, 0.1) is 5.92 Å². The third kappa shape index (κ3) is 8.51. The van der Waals surface area contributed by atoms with E-state index in [4.69, 9.17) is 4.99 Å². The van der Waals surface area contributed by atoms with Gasteiger partial charge in [-0.25, -0.2) is 0 Å². The molecule has 3 amide bonds. The molecule has 288 valence electrons. The molecule has 0 radical (unpaired) electrons. The molecule has 10 rings (SSSR count). The zero-order valence-electron chi connectivity index (χ0n) is 31.9. The number of rotatable bonds is 9. The number of carbonyl (C=O) groups excluding carboxylic acids is 3. The molecule has 0 aliphatic carbocycles. The number of H-pyrrole nitrogens is 1. The van der Waals surface area contributed by atoms with Gasteiger partial charge in [0.15, 0.2) is 5.88 Å². The molecule has 3 saturated heterocycles. The molecule has 5 aromatic carbocycles. The Hall–Kier alpha value is -6.52. The van der Waals surface area contributed by atoms with E-state index in [1.54, 1.807) is 24.3 Å². The van der Waals surface area contributed by atoms with Crippen molar-refractivity contribution < 1.29 is 19.5 Å². The number of carbonyl (C=O) groups is 3. The topological polar surface area (TPSA) is 139 Å². The standard InChI is InChI=1S/C31H32N4O2.C16H14N2O2/c1-20(21-8-4-2-5-9-21)32-30(36)24-12-13-26-25(18-24)28(31(37)34-26)29(23-10-6-3-7-11-23)33-27-19-35-16-14-22(27)15-17-35;19-15-9-13-8-12(6-7-14(13)18-15)16(20)17-10-11-4-2-1-3-5-11/h2-13,18,20,22,27,34,37H,14-17,19H2,1H3,(H,32,36);1-8H,9-10H2,(H,17,20)(H,18,19)/t20-,27-;/m1./s1. The maximum atomic E-state index is 13.2. The summed E-state index contributed by atoms with van der Waals surface area (Å²) in [5.74, 6) is 0.337. The fourth-order valence-electron chi connectivity index (χ4n) is 8.04. The third-order valence-corrected chi connectivity index (χ3v) is 11.2. The van der Waals surface area contributed by atoms with Crippen molar-refractivity contribution in [3.63, 3.8) is 0 Å². The molecule has 0 spiro atoms. The van der Waals surface area contributed by atoms with Gasteiger partial charge in [0.25, 0.3) is 11.8 Å². The Kier molecular flexibility index (Phi) is 11.0. The smallest absolute Gasteiger partial charge is 0.251 e. The Morgan fingerprint density at radius 3 is 2.19 bits per heavy atom. The van der Waals surface area contributed by atoms with Crippen LogP contribution in [-0.2, 0) is 17.8 Å². The molecule has 3 fully saturated rings. The molecule has 57 heavy (non-hydrogen) atoms. The van der Waals surface area contributed by atoms with E-state index in [1.807, 2.05) is 110 Å². The van der Waals surface area contributed by atoms with Gasteiger partial charge in [0.2, 0.25) is 5.91 Å². The van der Waals surface area contributed by atoms with Gasteiger partial charge in [-0.3, -0.25) is 19.4 Å². The molecule has 2 atom stereocenters. The van der Waals surface area contributed by atoms with Crippen LogP contribution in [0.15, 0.2) is 132 Å². The first-order valence-electron chi connectivity index (χ1n) is 19.6. The number of piperidine rings is 3. The first-order valence-corrected chi connectivity index (χ1v) is 19.6. The minimum atomic E-state index is -0.152. The van der Waals surface area contributed by atoms with E-state index in [-0.39, 0.29) is 35.7 Å². The molecular weight excluding hydrogens is 713 g/mol. The summed E-state index contributed by atoms with van der Waals surface area (Å²) in [6.45, 7) is 5.72. The summed E-state index contributed by atoms with van der Waals surface area (Å²) in [5.41, 5.74) is 8.08. The Morgan fingerprint density at radius 1 is 0.825 bits per heavy atom. The number of fused-ring (bicyclic) bond motifs is 5. The van der Waals surface area contributed by atoms with Crippen LogP contribution in [0.1, 0.15) is 74.3 Å². The highest BCUT2D eigenvalue weighted by molar-refractivity contribution is 6.21. The average molecular weight is 759 g/mol. The lowest BCUT2D eigenvalue weighted by Crippen LogP contribution is -2.49. The molecule has 6 aromatic rings. The minimum absolute atomic E-state index is 0.0261. The summed E-state index contributed by atoms with van der Waals surface area (Å²) in [7, 11) is 0. The quantitative estimate of drug-likeness (QED) is 0.0979. The molecule has 0 saturated carbocycles. The summed E-state index contributed by atoms with van der Waals surface area (Å²) >= 11 is 0. The minimum Gasteiger partial charge on any atom is -0.494 e. The number of aliphatic imine (C=N–C) groups is 1. The number of anilines is 1. The Morgan fingerprint density at radius 2 is 1.49 bits per heavy atom. The number of hydrogen-bond acceptors (Lipinski definition) is 6. The predicted octanol–water partition coefficient (Wildman–Crippen LogP) is 7.41. The fraction of sp³-hybridized carbons (Fsp3) is 0.234. The van der Waals surface area contributed by atoms with E-state index >= 15 is 0 Å². The lowest BCUT2D eigenvalue weighted by atomic mass is 9.84. The lowest BCUT2D eigenvalue weighted by Gasteiger charge is -2.43. The Bertz CT molecular complexity index is 2420. The Labute approximate surface area is 332 Å². The van der Waals surface area contributed by atoms with Crippen LogP contribution in [-0.4, -0.2) is 64.1 Å². The second-order valence-corrected chi connectivity index (χ2v) is 15.0. The van der Waals surface area contributed by atoms with Crippen LogP contribution < -0.4 is 16.0 Å². The van der Waals surface area contributed by atoms with Gasteiger partial charge in [0.05, 0.1) is 29.8 Å². The fourth-order valence-corrected chi connectivity index (χ4v) is 8.04. The highest BCUT2D eigenvalue weighted by atomic mass is 16.3. The van der Waals surface area contributed by atoms with Gasteiger partial charge in [0.1, 0.15) is 0 Å². The zero-order valence-corrected chi connectivity index (χ0v) is 31.9. The summed E-state index contributed by atoms with van der Waals surface area (Å²) in [6, 6.07) is 40.6. The normalized spacial score (nSPS) is 18.9. The number of aromatic hydroxyl groups is 1. The van der Waals surface area contributed by atoms with Crippen molar-refractivity contribution in [3.05, 3.63) is 166 Å². The van der Waals surface area contributed by atoms with Crippen molar-refractivity contribution in [1.29, 1.82) is 0 Å². The van der Waals surface area contributed by atoms with Crippen molar-refractivity contribution in [3.8, 4) is 5.88 Å². The second kappa shape index (κ2) is 16.7. The van der Waals surface area contributed by atoms with Crippen LogP contribution >= 0.6 is 0 Å². The second-order valence-electron chi connectivity index (χ2n) is 15.0. The van der Waals surface area contributed by atoms with Crippen LogP contribution in [0.3, 0.4) is 0 Å². The van der Waals surface area contributed by atoms with Crippen molar-refractivity contribution in [2.45, 2.75) is 44.8 Å². The summed E-state index contributed by atoms with van der Waals surface area (Å²) in [4.78, 5) is 47.5. The highest BCUT2D eigenvalue weighted by Gasteiger charge is 2.35. The van der Waals surface area contributed by atoms with E-state index in [2.05, 4.69) is 25.8 Å². The molecule has 10 heteroatoms. The molecule has 2 bridgehead atoms. The molecule has 1 aromatic heterocycles.